The summed E-state index contributed by atoms with van der Waals surface area (Å²) in [7, 11) is -0.546. The Morgan fingerprint density at radius 3 is 1.68 bits per heavy atom. The second-order valence-corrected chi connectivity index (χ2v) is 13.5. The highest BCUT2D eigenvalue weighted by atomic mass is 28.4. The molecule has 4 heteroatoms. The van der Waals surface area contributed by atoms with Gasteiger partial charge >= 0.3 is 0 Å². The quantitative estimate of drug-likeness (QED) is 0.517. The monoisotopic (exact) mass is 433 g/mol. The molecule has 0 spiro atoms. The fraction of sp³-hybridized carbons (Fsp3) is 0.333. The fourth-order valence-corrected chi connectivity index (χ4v) is 8.90. The molecule has 0 amide bonds. The van der Waals surface area contributed by atoms with Gasteiger partial charge in [0.2, 0.25) is 0 Å². The Morgan fingerprint density at radius 1 is 0.806 bits per heavy atom. The summed E-state index contributed by atoms with van der Waals surface area (Å²) in [6.45, 7) is 8.15. The van der Waals surface area contributed by atoms with Gasteiger partial charge in [0, 0.05) is 6.54 Å². The number of hydrogen-bond donors (Lipinski definition) is 1. The van der Waals surface area contributed by atoms with Gasteiger partial charge in [-0.05, 0) is 28.0 Å². The van der Waals surface area contributed by atoms with E-state index in [1.165, 1.54) is 15.9 Å². The zero-order chi connectivity index (χ0) is 22.3. The van der Waals surface area contributed by atoms with E-state index in [1.54, 1.807) is 0 Å². The van der Waals surface area contributed by atoms with Crippen molar-refractivity contribution in [2.75, 3.05) is 20.3 Å². The highest BCUT2D eigenvalue weighted by Crippen LogP contribution is 2.36. The lowest BCUT2D eigenvalue weighted by atomic mass is 10.2. The first kappa shape index (κ1) is 23.4. The van der Waals surface area contributed by atoms with Crippen molar-refractivity contribution in [1.82, 2.24) is 4.90 Å². The third-order valence-electron chi connectivity index (χ3n) is 6.02. The SMILES string of the molecule is CN(Cc1ccccc1)C(CO)CO[Si](c1ccccc1)(c1ccccc1)C(C)(C)C. The van der Waals surface area contributed by atoms with Crippen LogP contribution in [0.3, 0.4) is 0 Å². The fourth-order valence-electron chi connectivity index (χ4n) is 4.30. The average molecular weight is 434 g/mol. The van der Waals surface area contributed by atoms with Crippen LogP contribution in [-0.4, -0.2) is 44.6 Å². The largest absolute Gasteiger partial charge is 0.406 e. The van der Waals surface area contributed by atoms with Crippen LogP contribution in [0.2, 0.25) is 5.04 Å². The minimum atomic E-state index is -2.60. The molecule has 164 valence electrons. The first-order valence-corrected chi connectivity index (χ1v) is 12.9. The summed E-state index contributed by atoms with van der Waals surface area (Å²) in [5, 5.41) is 12.7. The van der Waals surface area contributed by atoms with Crippen molar-refractivity contribution in [3.8, 4) is 0 Å². The summed E-state index contributed by atoms with van der Waals surface area (Å²) in [5.74, 6) is 0. The Bertz CT molecular complexity index is 871. The lowest BCUT2D eigenvalue weighted by molar-refractivity contribution is 0.0926. The summed E-state index contributed by atoms with van der Waals surface area (Å²) in [6, 6.07) is 31.6. The minimum absolute atomic E-state index is 0.0571. The van der Waals surface area contributed by atoms with Crippen LogP contribution in [0, 0.1) is 0 Å². The molecule has 0 bridgehead atoms. The zero-order valence-electron chi connectivity index (χ0n) is 19.2. The van der Waals surface area contributed by atoms with Crippen molar-refractivity contribution in [3.63, 3.8) is 0 Å². The molecule has 3 nitrogen and oxygen atoms in total. The van der Waals surface area contributed by atoms with Gasteiger partial charge in [0.1, 0.15) is 0 Å². The van der Waals surface area contributed by atoms with Crippen LogP contribution in [0.5, 0.6) is 0 Å². The van der Waals surface area contributed by atoms with Crippen LogP contribution >= 0.6 is 0 Å². The van der Waals surface area contributed by atoms with Crippen LogP contribution in [0.25, 0.3) is 0 Å². The molecule has 1 atom stereocenters. The normalized spacial score (nSPS) is 13.4. The molecule has 0 radical (unpaired) electrons. The summed E-state index contributed by atoms with van der Waals surface area (Å²) in [6.07, 6.45) is 0. The number of rotatable bonds is 9. The number of hydrogen-bond acceptors (Lipinski definition) is 3. The van der Waals surface area contributed by atoms with Crippen LogP contribution in [0.1, 0.15) is 26.3 Å². The second kappa shape index (κ2) is 10.4. The van der Waals surface area contributed by atoms with Gasteiger partial charge < -0.3 is 9.53 Å². The molecule has 3 aromatic carbocycles. The Morgan fingerprint density at radius 2 is 1.26 bits per heavy atom. The standard InChI is InChI=1S/C27H35NO2Si/c1-27(2,3)31(25-16-10-6-11-17-25,26-18-12-7-13-19-26)30-22-24(21-29)28(4)20-23-14-8-5-9-15-23/h5-19,24,29H,20-22H2,1-4H3. The molecule has 31 heavy (non-hydrogen) atoms. The summed E-state index contributed by atoms with van der Waals surface area (Å²) in [4.78, 5) is 2.19. The second-order valence-electron chi connectivity index (χ2n) is 9.21. The van der Waals surface area contributed by atoms with Crippen LogP contribution in [0.4, 0.5) is 0 Å². The Hall–Kier alpha value is -2.24. The average Bonchev–Trinajstić information content (AvgIpc) is 2.78. The highest BCUT2D eigenvalue weighted by molar-refractivity contribution is 6.99. The predicted octanol–water partition coefficient (Wildman–Crippen LogP) is 4.06. The van der Waals surface area contributed by atoms with E-state index in [0.29, 0.717) is 6.61 Å². The van der Waals surface area contributed by atoms with Gasteiger partial charge in [0.05, 0.1) is 19.3 Å². The van der Waals surface area contributed by atoms with Gasteiger partial charge in [-0.15, -0.1) is 0 Å². The number of aliphatic hydroxyl groups is 1. The van der Waals surface area contributed by atoms with E-state index < -0.39 is 8.32 Å². The maximum Gasteiger partial charge on any atom is 0.261 e. The summed E-state index contributed by atoms with van der Waals surface area (Å²) in [5.41, 5.74) is 1.23. The van der Waals surface area contributed by atoms with Gasteiger partial charge in [0.25, 0.3) is 8.32 Å². The molecule has 3 rings (SSSR count). The van der Waals surface area contributed by atoms with Crippen molar-refractivity contribution >= 4 is 18.7 Å². The first-order valence-electron chi connectivity index (χ1n) is 11.0. The lowest BCUT2D eigenvalue weighted by Gasteiger charge is -2.44. The molecular formula is C27H35NO2Si. The van der Waals surface area contributed by atoms with E-state index in [-0.39, 0.29) is 17.7 Å². The van der Waals surface area contributed by atoms with Crippen molar-refractivity contribution < 1.29 is 9.53 Å². The third-order valence-corrected chi connectivity index (χ3v) is 11.0. The summed E-state index contributed by atoms with van der Waals surface area (Å²) < 4.78 is 7.02. The van der Waals surface area contributed by atoms with Gasteiger partial charge in [0.15, 0.2) is 0 Å². The Balaban J connectivity index is 1.93. The van der Waals surface area contributed by atoms with Crippen molar-refractivity contribution in [2.24, 2.45) is 0 Å². The maximum atomic E-state index is 10.2. The smallest absolute Gasteiger partial charge is 0.261 e. The van der Waals surface area contributed by atoms with Gasteiger partial charge in [-0.1, -0.05) is 112 Å². The highest BCUT2D eigenvalue weighted by Gasteiger charge is 2.50. The van der Waals surface area contributed by atoms with E-state index in [1.807, 2.05) is 6.07 Å². The van der Waals surface area contributed by atoms with Crippen LogP contribution in [-0.2, 0) is 11.0 Å². The molecule has 0 saturated heterocycles. The predicted molar refractivity (Wildman–Crippen MR) is 132 cm³/mol. The number of benzene rings is 3. The maximum absolute atomic E-state index is 10.2. The van der Waals surface area contributed by atoms with Crippen molar-refractivity contribution in [3.05, 3.63) is 96.6 Å². The van der Waals surface area contributed by atoms with Gasteiger partial charge in [-0.25, -0.2) is 0 Å². The van der Waals surface area contributed by atoms with E-state index >= 15 is 0 Å². The molecule has 0 aliphatic carbocycles. The molecule has 1 N–H and O–H groups in total. The molecule has 3 aromatic rings. The van der Waals surface area contributed by atoms with E-state index in [2.05, 4.69) is 118 Å². The zero-order valence-corrected chi connectivity index (χ0v) is 20.2. The lowest BCUT2D eigenvalue weighted by Crippen LogP contribution is -2.67. The molecular weight excluding hydrogens is 398 g/mol. The molecule has 0 aliphatic rings. The molecule has 1 unspecified atom stereocenters. The molecule has 0 heterocycles. The number of aliphatic hydroxyl groups excluding tert-OH is 1. The number of nitrogens with zero attached hydrogens (tertiary/aromatic N) is 1. The molecule has 0 saturated carbocycles. The van der Waals surface area contributed by atoms with E-state index in [0.717, 1.165) is 6.54 Å². The van der Waals surface area contributed by atoms with Gasteiger partial charge in [-0.2, -0.15) is 0 Å². The van der Waals surface area contributed by atoms with Crippen LogP contribution in [0.15, 0.2) is 91.0 Å². The molecule has 0 aliphatic heterocycles. The topological polar surface area (TPSA) is 32.7 Å². The Kier molecular flexibility index (Phi) is 7.84. The summed E-state index contributed by atoms with van der Waals surface area (Å²) >= 11 is 0. The minimum Gasteiger partial charge on any atom is -0.406 e. The van der Waals surface area contributed by atoms with Crippen molar-refractivity contribution in [1.29, 1.82) is 0 Å². The number of likely N-dealkylation sites (N-methyl/N-ethyl adjacent to an activating group) is 1. The van der Waals surface area contributed by atoms with Crippen LogP contribution < -0.4 is 10.4 Å². The third kappa shape index (κ3) is 5.33. The Labute approximate surface area is 188 Å². The van der Waals surface area contributed by atoms with Crippen molar-refractivity contribution in [2.45, 2.75) is 38.4 Å². The van der Waals surface area contributed by atoms with Gasteiger partial charge in [-0.3, -0.25) is 4.90 Å². The molecule has 0 aromatic heterocycles. The van der Waals surface area contributed by atoms with E-state index in [4.69, 9.17) is 4.43 Å². The van der Waals surface area contributed by atoms with E-state index in [9.17, 15) is 5.11 Å². The molecule has 0 fully saturated rings. The first-order chi connectivity index (χ1) is 14.9.